The van der Waals surface area contributed by atoms with Crippen LogP contribution < -0.4 is 15.1 Å². The molecule has 3 aromatic rings. The van der Waals surface area contributed by atoms with Crippen LogP contribution in [0.4, 0.5) is 27.5 Å². The number of para-hydroxylation sites is 1. The molecule has 7 heteroatoms. The molecule has 0 aliphatic carbocycles. The smallest absolute Gasteiger partial charge is 0.229 e. The van der Waals surface area contributed by atoms with E-state index in [0.29, 0.717) is 17.2 Å². The van der Waals surface area contributed by atoms with Crippen LogP contribution in [0, 0.1) is 5.82 Å². The first-order chi connectivity index (χ1) is 14.1. The van der Waals surface area contributed by atoms with E-state index in [4.69, 9.17) is 0 Å². The number of carbonyl (C=O) groups is 1. The van der Waals surface area contributed by atoms with Gasteiger partial charge in [-0.15, -0.1) is 0 Å². The number of carbonyl (C=O) groups excluding carboxylic acids is 1. The van der Waals surface area contributed by atoms with E-state index in [9.17, 15) is 9.18 Å². The first kappa shape index (κ1) is 18.9. The molecule has 0 radical (unpaired) electrons. The Hall–Kier alpha value is -3.48. The van der Waals surface area contributed by atoms with Gasteiger partial charge in [0.1, 0.15) is 11.6 Å². The van der Waals surface area contributed by atoms with Gasteiger partial charge in [-0.3, -0.25) is 4.79 Å². The van der Waals surface area contributed by atoms with Crippen molar-refractivity contribution in [1.29, 1.82) is 0 Å². The summed E-state index contributed by atoms with van der Waals surface area (Å²) >= 11 is 0. The van der Waals surface area contributed by atoms with E-state index in [0.717, 1.165) is 37.7 Å². The molecule has 1 aromatic heterocycles. The van der Waals surface area contributed by atoms with Crippen LogP contribution in [-0.2, 0) is 0 Å². The molecular weight excluding hydrogens is 369 g/mol. The zero-order valence-electron chi connectivity index (χ0n) is 16.2. The Morgan fingerprint density at radius 3 is 2.34 bits per heavy atom. The second-order valence-electron chi connectivity index (χ2n) is 6.92. The van der Waals surface area contributed by atoms with Gasteiger partial charge in [-0.05, 0) is 49.4 Å². The molecule has 1 aliphatic heterocycles. The summed E-state index contributed by atoms with van der Waals surface area (Å²) in [6.07, 6.45) is 1.72. The quantitative estimate of drug-likeness (QED) is 0.666. The molecule has 0 atom stereocenters. The van der Waals surface area contributed by atoms with Crippen molar-refractivity contribution >= 4 is 28.9 Å². The zero-order valence-corrected chi connectivity index (χ0v) is 16.2. The number of benzene rings is 2. The molecule has 0 spiro atoms. The van der Waals surface area contributed by atoms with Gasteiger partial charge in [0.15, 0.2) is 5.78 Å². The third-order valence-electron chi connectivity index (χ3n) is 4.99. The Morgan fingerprint density at radius 1 is 0.966 bits per heavy atom. The molecule has 0 unspecified atom stereocenters. The Morgan fingerprint density at radius 2 is 1.66 bits per heavy atom. The SMILES string of the molecule is CC(=O)c1ccc(Nc2nccc(N3CCN(c4ccccc4F)CC3)n2)cc1. The largest absolute Gasteiger partial charge is 0.366 e. The second kappa shape index (κ2) is 8.26. The number of halogens is 1. The number of aromatic nitrogens is 2. The van der Waals surface area contributed by atoms with Crippen molar-refractivity contribution in [3.05, 3.63) is 72.2 Å². The topological polar surface area (TPSA) is 61.4 Å². The fourth-order valence-electron chi connectivity index (χ4n) is 3.39. The lowest BCUT2D eigenvalue weighted by atomic mass is 10.1. The first-order valence-electron chi connectivity index (χ1n) is 9.55. The van der Waals surface area contributed by atoms with E-state index in [-0.39, 0.29) is 11.6 Å². The lowest BCUT2D eigenvalue weighted by Crippen LogP contribution is -2.47. The van der Waals surface area contributed by atoms with Crippen molar-refractivity contribution in [3.8, 4) is 0 Å². The van der Waals surface area contributed by atoms with E-state index in [1.54, 1.807) is 31.3 Å². The number of hydrogen-bond donors (Lipinski definition) is 1. The van der Waals surface area contributed by atoms with E-state index in [2.05, 4.69) is 25.1 Å². The molecule has 2 heterocycles. The number of nitrogens with zero attached hydrogens (tertiary/aromatic N) is 4. The molecule has 29 heavy (non-hydrogen) atoms. The highest BCUT2D eigenvalue weighted by molar-refractivity contribution is 5.94. The van der Waals surface area contributed by atoms with Crippen LogP contribution >= 0.6 is 0 Å². The minimum atomic E-state index is -0.190. The average molecular weight is 391 g/mol. The molecule has 1 fully saturated rings. The first-order valence-corrected chi connectivity index (χ1v) is 9.55. The highest BCUT2D eigenvalue weighted by atomic mass is 19.1. The van der Waals surface area contributed by atoms with E-state index in [1.807, 2.05) is 30.3 Å². The molecule has 4 rings (SSSR count). The fourth-order valence-corrected chi connectivity index (χ4v) is 3.39. The van der Waals surface area contributed by atoms with Gasteiger partial charge in [0.2, 0.25) is 5.95 Å². The molecule has 2 aromatic carbocycles. The highest BCUT2D eigenvalue weighted by Gasteiger charge is 2.20. The van der Waals surface area contributed by atoms with Crippen molar-refractivity contribution in [2.75, 3.05) is 41.3 Å². The summed E-state index contributed by atoms with van der Waals surface area (Å²) in [5.74, 6) is 1.17. The number of anilines is 4. The zero-order chi connectivity index (χ0) is 20.2. The molecule has 1 N–H and O–H groups in total. The van der Waals surface area contributed by atoms with Crippen LogP contribution in [0.2, 0.25) is 0 Å². The molecular formula is C22H22FN5O. The standard InChI is InChI=1S/C22H22FN5O/c1-16(29)17-6-8-18(9-7-17)25-22-24-11-10-21(26-22)28-14-12-27(13-15-28)20-5-3-2-4-19(20)23/h2-11H,12-15H2,1H3,(H,24,25,26). The van der Waals surface area contributed by atoms with Crippen LogP contribution in [0.5, 0.6) is 0 Å². The Labute approximate surface area is 169 Å². The fraction of sp³-hybridized carbons (Fsp3) is 0.227. The van der Waals surface area contributed by atoms with Crippen LogP contribution in [0.15, 0.2) is 60.8 Å². The normalized spacial score (nSPS) is 14.0. The van der Waals surface area contributed by atoms with Gasteiger partial charge in [-0.25, -0.2) is 9.37 Å². The van der Waals surface area contributed by atoms with Gasteiger partial charge in [-0.2, -0.15) is 4.98 Å². The summed E-state index contributed by atoms with van der Waals surface area (Å²) in [4.78, 5) is 24.5. The molecule has 0 saturated carbocycles. The minimum Gasteiger partial charge on any atom is -0.366 e. The minimum absolute atomic E-state index is 0.0318. The maximum absolute atomic E-state index is 14.0. The summed E-state index contributed by atoms with van der Waals surface area (Å²) in [5, 5.41) is 3.17. The van der Waals surface area contributed by atoms with Gasteiger partial charge in [0, 0.05) is 43.6 Å². The maximum atomic E-state index is 14.0. The lowest BCUT2D eigenvalue weighted by Gasteiger charge is -2.36. The maximum Gasteiger partial charge on any atom is 0.229 e. The average Bonchev–Trinajstić information content (AvgIpc) is 2.75. The summed E-state index contributed by atoms with van der Waals surface area (Å²) in [7, 11) is 0. The molecule has 1 saturated heterocycles. The van der Waals surface area contributed by atoms with E-state index in [1.165, 1.54) is 6.07 Å². The van der Waals surface area contributed by atoms with E-state index >= 15 is 0 Å². The van der Waals surface area contributed by atoms with Crippen LogP contribution in [-0.4, -0.2) is 41.9 Å². The van der Waals surface area contributed by atoms with Crippen molar-refractivity contribution in [2.24, 2.45) is 0 Å². The van der Waals surface area contributed by atoms with Crippen molar-refractivity contribution < 1.29 is 9.18 Å². The molecule has 0 bridgehead atoms. The number of rotatable bonds is 5. The van der Waals surface area contributed by atoms with Gasteiger partial charge in [-0.1, -0.05) is 12.1 Å². The predicted octanol–water partition coefficient (Wildman–Crippen LogP) is 3.89. The summed E-state index contributed by atoms with van der Waals surface area (Å²) < 4.78 is 14.0. The van der Waals surface area contributed by atoms with Crippen molar-refractivity contribution in [3.63, 3.8) is 0 Å². The molecule has 148 valence electrons. The van der Waals surface area contributed by atoms with Crippen LogP contribution in [0.25, 0.3) is 0 Å². The number of hydrogen-bond acceptors (Lipinski definition) is 6. The number of nitrogens with one attached hydrogen (secondary N) is 1. The lowest BCUT2D eigenvalue weighted by molar-refractivity contribution is 0.101. The Kier molecular flexibility index (Phi) is 5.37. The predicted molar refractivity (Wildman–Crippen MR) is 113 cm³/mol. The van der Waals surface area contributed by atoms with E-state index < -0.39 is 0 Å². The number of Topliss-reactive ketones (excluding diaryl/α,β-unsaturated/α-hetero) is 1. The highest BCUT2D eigenvalue weighted by Crippen LogP contribution is 2.23. The van der Waals surface area contributed by atoms with Crippen molar-refractivity contribution in [2.45, 2.75) is 6.92 Å². The summed E-state index contributed by atoms with van der Waals surface area (Å²) in [5.41, 5.74) is 2.13. The third kappa shape index (κ3) is 4.34. The Balaban J connectivity index is 1.41. The number of piperazine rings is 1. The second-order valence-corrected chi connectivity index (χ2v) is 6.92. The van der Waals surface area contributed by atoms with Gasteiger partial charge >= 0.3 is 0 Å². The molecule has 0 amide bonds. The summed E-state index contributed by atoms with van der Waals surface area (Å²) in [6, 6.07) is 16.0. The molecule has 1 aliphatic rings. The summed E-state index contributed by atoms with van der Waals surface area (Å²) in [6.45, 7) is 4.48. The molecule has 6 nitrogen and oxygen atoms in total. The van der Waals surface area contributed by atoms with Crippen molar-refractivity contribution in [1.82, 2.24) is 9.97 Å². The monoisotopic (exact) mass is 391 g/mol. The van der Waals surface area contributed by atoms with Crippen LogP contribution in [0.3, 0.4) is 0 Å². The van der Waals surface area contributed by atoms with Crippen LogP contribution in [0.1, 0.15) is 17.3 Å². The van der Waals surface area contributed by atoms with Gasteiger partial charge in [0.05, 0.1) is 5.69 Å². The van der Waals surface area contributed by atoms with Gasteiger partial charge in [0.25, 0.3) is 0 Å². The van der Waals surface area contributed by atoms with Gasteiger partial charge < -0.3 is 15.1 Å². The Bertz CT molecular complexity index is 1000. The number of ketones is 1. The third-order valence-corrected chi connectivity index (χ3v) is 4.99.